The third-order valence-corrected chi connectivity index (χ3v) is 6.27. The van der Waals surface area contributed by atoms with Crippen molar-refractivity contribution < 1.29 is 19.0 Å². The van der Waals surface area contributed by atoms with Gasteiger partial charge in [-0.1, -0.05) is 68.4 Å². The van der Waals surface area contributed by atoms with Gasteiger partial charge in [-0.25, -0.2) is 4.39 Å². The van der Waals surface area contributed by atoms with Crippen LogP contribution >= 0.6 is 0 Å². The second-order valence-corrected chi connectivity index (χ2v) is 9.01. The first kappa shape index (κ1) is 24.3. The lowest BCUT2D eigenvalue weighted by Crippen LogP contribution is -2.18. The van der Waals surface area contributed by atoms with E-state index in [4.69, 9.17) is 15.2 Å². The topological polar surface area (TPSA) is 64.7 Å². The summed E-state index contributed by atoms with van der Waals surface area (Å²) in [7, 11) is 0. The number of nitrogens with two attached hydrogens (primary N) is 1. The van der Waals surface area contributed by atoms with E-state index in [1.807, 2.05) is 60.7 Å². The summed E-state index contributed by atoms with van der Waals surface area (Å²) in [5, 5.41) is 9.56. The highest BCUT2D eigenvalue weighted by Gasteiger charge is 2.23. The summed E-state index contributed by atoms with van der Waals surface area (Å²) in [4.78, 5) is 0. The van der Waals surface area contributed by atoms with Crippen LogP contribution in [0.4, 0.5) is 4.39 Å². The van der Waals surface area contributed by atoms with Crippen LogP contribution in [0.5, 0.6) is 17.2 Å². The van der Waals surface area contributed by atoms with Crippen LogP contribution in [0.25, 0.3) is 0 Å². The van der Waals surface area contributed by atoms with Crippen LogP contribution in [0.15, 0.2) is 91.0 Å². The smallest absolute Gasteiger partial charge is 0.136 e. The maximum absolute atomic E-state index is 15.0. The van der Waals surface area contributed by atoms with Gasteiger partial charge in [-0.2, -0.15) is 0 Å². The van der Waals surface area contributed by atoms with Gasteiger partial charge in [-0.3, -0.25) is 0 Å². The molecule has 0 radical (unpaired) electrons. The third-order valence-electron chi connectivity index (χ3n) is 6.27. The molecule has 0 aliphatic carbocycles. The number of benzene rings is 4. The molecule has 0 unspecified atom stereocenters. The summed E-state index contributed by atoms with van der Waals surface area (Å²) < 4.78 is 26.7. The molecule has 0 fully saturated rings. The lowest BCUT2D eigenvalue weighted by atomic mass is 9.78. The van der Waals surface area contributed by atoms with Crippen molar-refractivity contribution in [1.29, 1.82) is 0 Å². The minimum absolute atomic E-state index is 0.117. The fraction of sp³-hybridized carbons (Fsp3) is 0.200. The number of halogens is 1. The van der Waals surface area contributed by atoms with E-state index in [0.717, 1.165) is 16.7 Å². The zero-order valence-corrected chi connectivity index (χ0v) is 20.0. The Labute approximate surface area is 205 Å². The van der Waals surface area contributed by atoms with Crippen molar-refractivity contribution in [3.8, 4) is 17.2 Å². The molecular weight excluding hydrogens is 441 g/mol. The van der Waals surface area contributed by atoms with Crippen molar-refractivity contribution in [2.75, 3.05) is 0 Å². The lowest BCUT2D eigenvalue weighted by molar-refractivity contribution is 0.287. The monoisotopic (exact) mass is 471 g/mol. The molecule has 0 amide bonds. The SMILES string of the molecule is CC(C)(c1ccc(O)cc1)c1ccc(OCc2cccc(COc3ccc(CN)cc3)c2F)cc1. The van der Waals surface area contributed by atoms with Crippen LogP contribution in [-0.2, 0) is 25.2 Å². The van der Waals surface area contributed by atoms with Gasteiger partial charge in [-0.05, 0) is 53.1 Å². The molecule has 4 nitrogen and oxygen atoms in total. The lowest BCUT2D eigenvalue weighted by Gasteiger charge is -2.26. The minimum Gasteiger partial charge on any atom is -0.508 e. The van der Waals surface area contributed by atoms with E-state index in [1.54, 1.807) is 30.3 Å². The Kier molecular flexibility index (Phi) is 7.37. The Balaban J connectivity index is 1.39. The summed E-state index contributed by atoms with van der Waals surface area (Å²) in [6.07, 6.45) is 0. The predicted molar refractivity (Wildman–Crippen MR) is 136 cm³/mol. The highest BCUT2D eigenvalue weighted by Crippen LogP contribution is 2.33. The number of aromatic hydroxyl groups is 1. The van der Waals surface area contributed by atoms with E-state index in [9.17, 15) is 5.11 Å². The molecule has 0 spiro atoms. The predicted octanol–water partition coefficient (Wildman–Crippen LogP) is 6.47. The van der Waals surface area contributed by atoms with Crippen molar-refractivity contribution in [1.82, 2.24) is 0 Å². The van der Waals surface area contributed by atoms with Gasteiger partial charge < -0.3 is 20.3 Å². The van der Waals surface area contributed by atoms with Gasteiger partial charge in [0.1, 0.15) is 36.3 Å². The summed E-state index contributed by atoms with van der Waals surface area (Å²) in [5.41, 5.74) is 9.54. The molecule has 0 aliphatic rings. The standard InChI is InChI=1S/C30H30FNO3/c1-30(2,24-8-12-26(33)13-9-24)25-10-16-28(17-11-25)35-20-23-5-3-4-22(29(23)31)19-34-27-14-6-21(18-32)7-15-27/h3-17,33H,18-20,32H2,1-2H3. The second-order valence-electron chi connectivity index (χ2n) is 9.01. The van der Waals surface area contributed by atoms with E-state index in [2.05, 4.69) is 13.8 Å². The van der Waals surface area contributed by atoms with Gasteiger partial charge in [0.15, 0.2) is 0 Å². The summed E-state index contributed by atoms with van der Waals surface area (Å²) in [6.45, 7) is 4.97. The highest BCUT2D eigenvalue weighted by molar-refractivity contribution is 5.41. The first-order chi connectivity index (χ1) is 16.9. The maximum atomic E-state index is 15.0. The molecule has 3 N–H and O–H groups in total. The molecule has 5 heteroatoms. The second kappa shape index (κ2) is 10.6. The van der Waals surface area contributed by atoms with Gasteiger partial charge in [0.2, 0.25) is 0 Å². The third kappa shape index (κ3) is 5.81. The van der Waals surface area contributed by atoms with Crippen molar-refractivity contribution in [3.05, 3.63) is 125 Å². The Morgan fingerprint density at radius 2 is 1.17 bits per heavy atom. The molecule has 0 heterocycles. The molecule has 0 atom stereocenters. The quantitative estimate of drug-likeness (QED) is 0.293. The molecule has 4 aromatic carbocycles. The molecule has 0 bridgehead atoms. The Hall–Kier alpha value is -3.83. The van der Waals surface area contributed by atoms with Crippen LogP contribution in [0.3, 0.4) is 0 Å². The van der Waals surface area contributed by atoms with Crippen LogP contribution < -0.4 is 15.2 Å². The summed E-state index contributed by atoms with van der Waals surface area (Å²) in [5.74, 6) is 1.25. The first-order valence-corrected chi connectivity index (χ1v) is 11.6. The fourth-order valence-corrected chi connectivity index (χ4v) is 3.91. The van der Waals surface area contributed by atoms with E-state index >= 15 is 4.39 Å². The average Bonchev–Trinajstić information content (AvgIpc) is 2.88. The van der Waals surface area contributed by atoms with Gasteiger partial charge in [0.05, 0.1) is 0 Å². The van der Waals surface area contributed by atoms with Crippen LogP contribution in [0.2, 0.25) is 0 Å². The van der Waals surface area contributed by atoms with Gasteiger partial charge in [0.25, 0.3) is 0 Å². The molecule has 0 aliphatic heterocycles. The van der Waals surface area contributed by atoms with Gasteiger partial charge in [0, 0.05) is 23.1 Å². The van der Waals surface area contributed by atoms with Crippen LogP contribution in [0, 0.1) is 5.82 Å². The molecule has 35 heavy (non-hydrogen) atoms. The molecule has 4 aromatic rings. The molecule has 4 rings (SSSR count). The van der Waals surface area contributed by atoms with E-state index < -0.39 is 0 Å². The van der Waals surface area contributed by atoms with Gasteiger partial charge >= 0.3 is 0 Å². The van der Waals surface area contributed by atoms with Crippen molar-refractivity contribution >= 4 is 0 Å². The Bertz CT molecular complexity index is 1250. The molecule has 0 saturated heterocycles. The first-order valence-electron chi connectivity index (χ1n) is 11.6. The normalized spacial score (nSPS) is 11.3. The van der Waals surface area contributed by atoms with E-state index in [0.29, 0.717) is 29.2 Å². The zero-order chi connectivity index (χ0) is 24.8. The Morgan fingerprint density at radius 1 is 0.714 bits per heavy atom. The number of rotatable bonds is 9. The fourth-order valence-electron chi connectivity index (χ4n) is 3.91. The molecule has 0 saturated carbocycles. The number of hydrogen-bond donors (Lipinski definition) is 2. The Morgan fingerprint density at radius 3 is 1.66 bits per heavy atom. The van der Waals surface area contributed by atoms with E-state index in [1.165, 1.54) is 0 Å². The summed E-state index contributed by atoms with van der Waals surface area (Å²) in [6, 6.07) is 27.8. The number of phenols is 1. The van der Waals surface area contributed by atoms with Crippen molar-refractivity contribution in [2.24, 2.45) is 5.73 Å². The average molecular weight is 472 g/mol. The number of phenolic OH excluding ortho intramolecular Hbond substituents is 1. The molecule has 180 valence electrons. The number of hydrogen-bond acceptors (Lipinski definition) is 4. The highest BCUT2D eigenvalue weighted by atomic mass is 19.1. The molecular formula is C30H30FNO3. The van der Waals surface area contributed by atoms with Gasteiger partial charge in [-0.15, -0.1) is 0 Å². The van der Waals surface area contributed by atoms with Crippen LogP contribution in [0.1, 0.15) is 41.7 Å². The largest absolute Gasteiger partial charge is 0.508 e. The van der Waals surface area contributed by atoms with Crippen molar-refractivity contribution in [3.63, 3.8) is 0 Å². The molecule has 0 aromatic heterocycles. The number of ether oxygens (including phenoxy) is 2. The van der Waals surface area contributed by atoms with E-state index in [-0.39, 0.29) is 30.2 Å². The zero-order valence-electron chi connectivity index (χ0n) is 20.0. The van der Waals surface area contributed by atoms with Crippen LogP contribution in [-0.4, -0.2) is 5.11 Å². The summed E-state index contributed by atoms with van der Waals surface area (Å²) >= 11 is 0. The minimum atomic E-state index is -0.323. The maximum Gasteiger partial charge on any atom is 0.136 e. The van der Waals surface area contributed by atoms with Crippen molar-refractivity contribution in [2.45, 2.75) is 39.0 Å².